The molecule has 1 radical (unpaired) electrons. The van der Waals surface area contributed by atoms with Gasteiger partial charge in [-0.3, -0.25) is 8.42 Å². The Morgan fingerprint density at radius 3 is 0.750 bits per heavy atom. The Morgan fingerprint density at radius 1 is 0.750 bits per heavy atom. The molecule has 0 aliphatic rings. The third-order valence-corrected chi connectivity index (χ3v) is 0. The molecule has 0 aromatic rings. The molecule has 0 unspecified atom stereocenters. The molecule has 0 saturated heterocycles. The van der Waals surface area contributed by atoms with Crippen LogP contribution < -0.4 is 24.6 Å². The van der Waals surface area contributed by atoms with E-state index in [-0.39, 0.29) is 77.3 Å². The van der Waals surface area contributed by atoms with Crippen molar-refractivity contribution in [3.8, 4) is 0 Å². The molecule has 0 aliphatic carbocycles. The Labute approximate surface area is 104 Å². The van der Waals surface area contributed by atoms with Crippen molar-refractivity contribution in [1.82, 2.24) is 24.6 Å². The predicted octanol–water partition coefficient (Wildman–Crippen LogP) is -2.34. The zero-order chi connectivity index (χ0) is 4.50. The van der Waals surface area contributed by atoms with Crippen LogP contribution in [0.4, 0.5) is 0 Å². The first-order valence-electron chi connectivity index (χ1n) is 0.667. The first-order chi connectivity index (χ1) is 2.00. The van der Waals surface area contributed by atoms with Gasteiger partial charge in [0.15, 0.2) is 0 Å². The van der Waals surface area contributed by atoms with Gasteiger partial charge in [-0.2, -0.15) is 0 Å². The van der Waals surface area contributed by atoms with Gasteiger partial charge in [0.25, 0.3) is 0 Å². The van der Waals surface area contributed by atoms with E-state index in [0.29, 0.717) is 0 Å². The van der Waals surface area contributed by atoms with E-state index in [1.54, 1.807) is 0 Å². The summed E-state index contributed by atoms with van der Waals surface area (Å²) >= 11 is 0. The number of hydrogen-bond donors (Lipinski definition) is 4. The first kappa shape index (κ1) is 74.8. The largest absolute Gasteiger partial charge is 3.00 e. The van der Waals surface area contributed by atoms with E-state index in [4.69, 9.17) is 17.5 Å². The molecule has 12 heavy (non-hydrogen) atoms. The van der Waals surface area contributed by atoms with Crippen molar-refractivity contribution in [1.29, 1.82) is 0 Å². The molecule has 0 bridgehead atoms. The molecular formula is H16CeN4O6S+. The second kappa shape index (κ2) is 29.6. The van der Waals surface area contributed by atoms with E-state index in [1.807, 2.05) is 0 Å². The molecule has 0 atom stereocenters. The molecule has 0 aliphatic heterocycles. The average Bonchev–Trinajstić information content (AvgIpc) is 0.722. The van der Waals surface area contributed by atoms with Crippen LogP contribution in [0, 0.1) is 41.7 Å². The van der Waals surface area contributed by atoms with Crippen molar-refractivity contribution < 1.29 is 70.2 Å². The molecule has 10 nitrogen and oxygen atoms in total. The van der Waals surface area contributed by atoms with Crippen molar-refractivity contribution in [2.45, 2.75) is 0 Å². The van der Waals surface area contributed by atoms with Gasteiger partial charge in [0.2, 0.25) is 0 Å². The molecule has 16 N–H and O–H groups in total. The van der Waals surface area contributed by atoms with Crippen LogP contribution in [-0.4, -0.2) is 28.5 Å². The Hall–Kier alpha value is 1.01. The quantitative estimate of drug-likeness (QED) is 0.273. The van der Waals surface area contributed by atoms with Gasteiger partial charge >= 0.3 is 41.7 Å². The van der Waals surface area contributed by atoms with Crippen LogP contribution in [0.5, 0.6) is 0 Å². The van der Waals surface area contributed by atoms with Crippen molar-refractivity contribution in [2.24, 2.45) is 0 Å². The fourth-order valence-electron chi connectivity index (χ4n) is 0. The molecule has 0 rings (SSSR count). The summed E-state index contributed by atoms with van der Waals surface area (Å²) in [5.74, 6) is 0. The summed E-state index contributed by atoms with van der Waals surface area (Å²) in [6.45, 7) is 0. The van der Waals surface area contributed by atoms with E-state index in [9.17, 15) is 0 Å². The van der Waals surface area contributed by atoms with Crippen LogP contribution in [0.2, 0.25) is 0 Å². The summed E-state index contributed by atoms with van der Waals surface area (Å²) in [6.07, 6.45) is 0. The van der Waals surface area contributed by atoms with Gasteiger partial charge in [0.1, 0.15) is 0 Å². The number of hydrogen-bond acceptors (Lipinski definition) is 8. The molecule has 0 heterocycles. The van der Waals surface area contributed by atoms with E-state index in [0.717, 1.165) is 0 Å². The molecule has 0 saturated carbocycles. The minimum atomic E-state index is -5.17. The molecule has 0 aromatic heterocycles. The maximum absolute atomic E-state index is 8.52. The monoisotopic (exact) mass is 340 g/mol. The molecular weight excluding hydrogens is 324 g/mol. The Morgan fingerprint density at radius 2 is 0.750 bits per heavy atom. The summed E-state index contributed by atoms with van der Waals surface area (Å²) in [7, 11) is -5.17. The van der Waals surface area contributed by atoms with Crippen LogP contribution in [0.25, 0.3) is 0 Å². The van der Waals surface area contributed by atoms with Gasteiger partial charge in [-0.1, -0.05) is 0 Å². The third kappa shape index (κ3) is 1090. The molecule has 81 valence electrons. The van der Waals surface area contributed by atoms with Gasteiger partial charge in [0.05, 0.1) is 0 Å². The van der Waals surface area contributed by atoms with Gasteiger partial charge in [-0.05, 0) is 0 Å². The van der Waals surface area contributed by atoms with E-state index in [1.165, 1.54) is 0 Å². The smallest absolute Gasteiger partial charge is 0.759 e. The minimum Gasteiger partial charge on any atom is -0.759 e. The van der Waals surface area contributed by atoms with Crippen LogP contribution in [0.1, 0.15) is 0 Å². The van der Waals surface area contributed by atoms with Gasteiger partial charge in [0, 0.05) is 10.4 Å². The standard InChI is InChI=1S/Ce.4H3N.H2O4S.2H2O/c;;;;;1-5(2,3)4;;/h;4*1H3;(H2,1,2,3,4);2*1H2/q+3;;;;;;;/p-2. The van der Waals surface area contributed by atoms with Gasteiger partial charge < -0.3 is 44.7 Å². The average molecular weight is 340 g/mol. The zero-order valence-electron chi connectivity index (χ0n) is 6.37. The maximum Gasteiger partial charge on any atom is 3.00 e. The summed E-state index contributed by atoms with van der Waals surface area (Å²) in [6, 6.07) is 0. The SMILES string of the molecule is N.N.N.N.O.O.O=S(=O)([O-])[O-].[Ce+3]. The Balaban J connectivity index is -0.00000000381. The van der Waals surface area contributed by atoms with Crippen molar-refractivity contribution in [3.05, 3.63) is 0 Å². The van der Waals surface area contributed by atoms with Crippen LogP contribution in [-0.2, 0) is 10.4 Å². The fraction of sp³-hybridized carbons (Fsp3) is 0. The normalized spacial score (nSPS) is 4.83. The second-order valence-electron chi connectivity index (χ2n) is 0.408. The van der Waals surface area contributed by atoms with Crippen LogP contribution in [0.3, 0.4) is 0 Å². The van der Waals surface area contributed by atoms with Crippen molar-refractivity contribution in [2.75, 3.05) is 0 Å². The summed E-state index contributed by atoms with van der Waals surface area (Å²) in [5, 5.41) is 0. The zero-order valence-corrected chi connectivity index (χ0v) is 10.3. The summed E-state index contributed by atoms with van der Waals surface area (Å²) in [4.78, 5) is 0. The number of rotatable bonds is 0. The topological polar surface area (TPSA) is 283 Å². The summed E-state index contributed by atoms with van der Waals surface area (Å²) < 4.78 is 34.1. The predicted molar refractivity (Wildman–Crippen MR) is 37.8 cm³/mol. The minimum absolute atomic E-state index is 0. The molecule has 0 spiro atoms. The molecule has 0 fully saturated rings. The van der Waals surface area contributed by atoms with Gasteiger partial charge in [-0.15, -0.1) is 0 Å². The summed E-state index contributed by atoms with van der Waals surface area (Å²) in [5.41, 5.74) is 0. The van der Waals surface area contributed by atoms with Crippen molar-refractivity contribution >= 4 is 10.4 Å². The second-order valence-corrected chi connectivity index (χ2v) is 1.22. The molecule has 12 heteroatoms. The van der Waals surface area contributed by atoms with Crippen LogP contribution >= 0.6 is 0 Å². The van der Waals surface area contributed by atoms with Crippen LogP contribution in [0.15, 0.2) is 0 Å². The third-order valence-electron chi connectivity index (χ3n) is 0. The van der Waals surface area contributed by atoms with Gasteiger partial charge in [-0.25, -0.2) is 0 Å². The maximum atomic E-state index is 8.52. The fourth-order valence-corrected chi connectivity index (χ4v) is 0. The van der Waals surface area contributed by atoms with Crippen molar-refractivity contribution in [3.63, 3.8) is 0 Å². The Kier molecular flexibility index (Phi) is 185. The molecule has 0 amide bonds. The van der Waals surface area contributed by atoms with E-state index in [2.05, 4.69) is 0 Å². The van der Waals surface area contributed by atoms with E-state index < -0.39 is 10.4 Å². The first-order valence-corrected chi connectivity index (χ1v) is 2.00. The Bertz CT molecular complexity index is 103. The van der Waals surface area contributed by atoms with E-state index >= 15 is 0 Å². The molecule has 0 aromatic carbocycles.